The van der Waals surface area contributed by atoms with Crippen LogP contribution in [0.5, 0.6) is 5.75 Å². The first-order valence-corrected chi connectivity index (χ1v) is 4.40. The van der Waals surface area contributed by atoms with Crippen LogP contribution in [0.2, 0.25) is 0 Å². The van der Waals surface area contributed by atoms with Gasteiger partial charge < -0.3 is 16.2 Å². The average Bonchev–Trinajstić information content (AvgIpc) is 2.20. The van der Waals surface area contributed by atoms with Gasteiger partial charge >= 0.3 is 0 Å². The topological polar surface area (TPSA) is 86.0 Å². The minimum atomic E-state index is -0.0579. The van der Waals surface area contributed by atoms with Crippen LogP contribution in [0.3, 0.4) is 0 Å². The molecule has 0 unspecified atom stereocenters. The molecule has 5 heteroatoms. The van der Waals surface area contributed by atoms with E-state index in [0.29, 0.717) is 0 Å². The monoisotopic (exact) mass is 206 g/mol. The molecule has 1 aromatic rings. The van der Waals surface area contributed by atoms with Gasteiger partial charge in [-0.1, -0.05) is 0 Å². The Morgan fingerprint density at radius 2 is 2.13 bits per heavy atom. The van der Waals surface area contributed by atoms with Crippen molar-refractivity contribution < 1.29 is 4.74 Å². The number of nitrogens with two attached hydrogens (primary N) is 2. The predicted molar refractivity (Wildman–Crippen MR) is 61.1 cm³/mol. The zero-order chi connectivity index (χ0) is 11.3. The van der Waals surface area contributed by atoms with E-state index in [2.05, 4.69) is 10.2 Å². The Balaban J connectivity index is 2.87. The SMILES string of the molecule is COc1ccc(C=NN=C(N)N)c(C)c1. The van der Waals surface area contributed by atoms with Gasteiger partial charge in [0.2, 0.25) is 5.96 Å². The van der Waals surface area contributed by atoms with Crippen molar-refractivity contribution in [3.8, 4) is 5.75 Å². The van der Waals surface area contributed by atoms with Gasteiger partial charge in [-0.3, -0.25) is 0 Å². The van der Waals surface area contributed by atoms with Crippen LogP contribution >= 0.6 is 0 Å². The Hall–Kier alpha value is -2.04. The first-order chi connectivity index (χ1) is 7.13. The number of hydrogen-bond donors (Lipinski definition) is 2. The molecule has 0 aliphatic rings. The van der Waals surface area contributed by atoms with Gasteiger partial charge in [-0.25, -0.2) is 0 Å². The fourth-order valence-corrected chi connectivity index (χ4v) is 1.08. The van der Waals surface area contributed by atoms with Crippen molar-refractivity contribution in [1.82, 2.24) is 0 Å². The fraction of sp³-hybridized carbons (Fsp3) is 0.200. The highest BCUT2D eigenvalue weighted by molar-refractivity contribution is 5.83. The summed E-state index contributed by atoms with van der Waals surface area (Å²) in [6, 6.07) is 5.65. The van der Waals surface area contributed by atoms with Crippen molar-refractivity contribution >= 4 is 12.2 Å². The lowest BCUT2D eigenvalue weighted by Gasteiger charge is -2.02. The van der Waals surface area contributed by atoms with E-state index in [1.165, 1.54) is 0 Å². The molecular weight excluding hydrogens is 192 g/mol. The Labute approximate surface area is 88.4 Å². The number of benzene rings is 1. The van der Waals surface area contributed by atoms with Crippen LogP contribution in [-0.2, 0) is 0 Å². The van der Waals surface area contributed by atoms with E-state index < -0.39 is 0 Å². The molecule has 5 nitrogen and oxygen atoms in total. The van der Waals surface area contributed by atoms with Crippen LogP contribution in [0.1, 0.15) is 11.1 Å². The molecule has 0 amide bonds. The third kappa shape index (κ3) is 3.30. The molecule has 80 valence electrons. The standard InChI is InChI=1S/C10H14N4O/c1-7-5-9(15-2)4-3-8(7)6-13-14-10(11)12/h3-6H,1-2H3,(H4,11,12,14). The van der Waals surface area contributed by atoms with Gasteiger partial charge in [0, 0.05) is 0 Å². The molecule has 1 rings (SSSR count). The minimum absolute atomic E-state index is 0.0579. The second kappa shape index (κ2) is 4.99. The predicted octanol–water partition coefficient (Wildman–Crippen LogP) is 0.611. The maximum absolute atomic E-state index is 5.13. The van der Waals surface area contributed by atoms with Crippen molar-refractivity contribution in [3.05, 3.63) is 29.3 Å². The summed E-state index contributed by atoms with van der Waals surface area (Å²) in [7, 11) is 1.63. The van der Waals surface area contributed by atoms with Crippen LogP contribution < -0.4 is 16.2 Å². The van der Waals surface area contributed by atoms with E-state index in [1.807, 2.05) is 25.1 Å². The van der Waals surface area contributed by atoms with Gasteiger partial charge in [-0.05, 0) is 36.2 Å². The molecule has 0 bridgehead atoms. The molecule has 15 heavy (non-hydrogen) atoms. The van der Waals surface area contributed by atoms with Crippen molar-refractivity contribution in [2.75, 3.05) is 7.11 Å². The van der Waals surface area contributed by atoms with E-state index in [-0.39, 0.29) is 5.96 Å². The summed E-state index contributed by atoms with van der Waals surface area (Å²) >= 11 is 0. The smallest absolute Gasteiger partial charge is 0.211 e. The van der Waals surface area contributed by atoms with Crippen LogP contribution in [0.15, 0.2) is 28.4 Å². The highest BCUT2D eigenvalue weighted by Crippen LogP contribution is 2.15. The van der Waals surface area contributed by atoms with E-state index in [4.69, 9.17) is 16.2 Å². The summed E-state index contributed by atoms with van der Waals surface area (Å²) in [5.41, 5.74) is 12.3. The number of methoxy groups -OCH3 is 1. The molecule has 0 aliphatic heterocycles. The molecule has 0 atom stereocenters. The molecule has 0 fully saturated rings. The van der Waals surface area contributed by atoms with Crippen molar-refractivity contribution in [2.24, 2.45) is 21.7 Å². The number of guanidine groups is 1. The van der Waals surface area contributed by atoms with Gasteiger partial charge in [0.25, 0.3) is 0 Å². The highest BCUT2D eigenvalue weighted by Gasteiger charge is 1.97. The second-order valence-corrected chi connectivity index (χ2v) is 2.99. The van der Waals surface area contributed by atoms with Crippen LogP contribution in [0.4, 0.5) is 0 Å². The molecule has 0 radical (unpaired) electrons. The fourth-order valence-electron chi connectivity index (χ4n) is 1.08. The van der Waals surface area contributed by atoms with Gasteiger partial charge in [-0.15, -0.1) is 5.10 Å². The molecule has 0 saturated carbocycles. The van der Waals surface area contributed by atoms with E-state index in [9.17, 15) is 0 Å². The lowest BCUT2D eigenvalue weighted by molar-refractivity contribution is 0.414. The van der Waals surface area contributed by atoms with E-state index in [1.54, 1.807) is 13.3 Å². The average molecular weight is 206 g/mol. The number of ether oxygens (including phenoxy) is 1. The molecule has 0 saturated heterocycles. The summed E-state index contributed by atoms with van der Waals surface area (Å²) < 4.78 is 5.08. The minimum Gasteiger partial charge on any atom is -0.497 e. The molecule has 4 N–H and O–H groups in total. The zero-order valence-electron chi connectivity index (χ0n) is 8.77. The summed E-state index contributed by atoms with van der Waals surface area (Å²) in [5, 5.41) is 7.24. The summed E-state index contributed by atoms with van der Waals surface area (Å²) in [6.07, 6.45) is 1.59. The van der Waals surface area contributed by atoms with Gasteiger partial charge in [0.15, 0.2) is 0 Å². The number of aryl methyl sites for hydroxylation is 1. The normalized spacial score (nSPS) is 10.3. The molecule has 0 spiro atoms. The van der Waals surface area contributed by atoms with Gasteiger partial charge in [-0.2, -0.15) is 5.10 Å². The number of rotatable bonds is 3. The highest BCUT2D eigenvalue weighted by atomic mass is 16.5. The first-order valence-electron chi connectivity index (χ1n) is 4.40. The van der Waals surface area contributed by atoms with Crippen molar-refractivity contribution in [1.29, 1.82) is 0 Å². The number of nitrogens with zero attached hydrogens (tertiary/aromatic N) is 2. The Morgan fingerprint density at radius 1 is 1.40 bits per heavy atom. The Bertz CT molecular complexity index is 394. The molecular formula is C10H14N4O. The second-order valence-electron chi connectivity index (χ2n) is 2.99. The Kier molecular flexibility index (Phi) is 3.68. The third-order valence-corrected chi connectivity index (χ3v) is 1.85. The third-order valence-electron chi connectivity index (χ3n) is 1.85. The Morgan fingerprint density at radius 3 is 2.67 bits per heavy atom. The summed E-state index contributed by atoms with van der Waals surface area (Å²) in [6.45, 7) is 1.96. The maximum Gasteiger partial charge on any atom is 0.211 e. The lowest BCUT2D eigenvalue weighted by Crippen LogP contribution is -2.21. The maximum atomic E-state index is 5.13. The number of hydrogen-bond acceptors (Lipinski definition) is 3. The van der Waals surface area contributed by atoms with Gasteiger partial charge in [0.1, 0.15) is 5.75 Å². The van der Waals surface area contributed by atoms with E-state index in [0.717, 1.165) is 16.9 Å². The van der Waals surface area contributed by atoms with Crippen molar-refractivity contribution in [3.63, 3.8) is 0 Å². The quantitative estimate of drug-likeness (QED) is 0.431. The van der Waals surface area contributed by atoms with E-state index >= 15 is 0 Å². The van der Waals surface area contributed by atoms with Crippen LogP contribution in [-0.4, -0.2) is 19.3 Å². The van der Waals surface area contributed by atoms with Crippen LogP contribution in [0, 0.1) is 6.92 Å². The van der Waals surface area contributed by atoms with Crippen molar-refractivity contribution in [2.45, 2.75) is 6.92 Å². The molecule has 0 aliphatic carbocycles. The summed E-state index contributed by atoms with van der Waals surface area (Å²) in [4.78, 5) is 0. The molecule has 0 heterocycles. The van der Waals surface area contributed by atoms with Crippen LogP contribution in [0.25, 0.3) is 0 Å². The summed E-state index contributed by atoms with van der Waals surface area (Å²) in [5.74, 6) is 0.754. The largest absolute Gasteiger partial charge is 0.497 e. The lowest BCUT2D eigenvalue weighted by atomic mass is 10.1. The zero-order valence-corrected chi connectivity index (χ0v) is 8.77. The first kappa shape index (κ1) is 11.0. The molecule has 0 aromatic heterocycles. The van der Waals surface area contributed by atoms with Gasteiger partial charge in [0.05, 0.1) is 13.3 Å². The molecule has 1 aromatic carbocycles.